The Balaban J connectivity index is 1.56. The van der Waals surface area contributed by atoms with Crippen molar-refractivity contribution in [2.24, 2.45) is 0 Å². The summed E-state index contributed by atoms with van der Waals surface area (Å²) in [5.41, 5.74) is 2.89. The summed E-state index contributed by atoms with van der Waals surface area (Å²) in [7, 11) is 1.61. The molecule has 8 heteroatoms. The standard InChI is InChI=1S/C24H18ClN5O2/c1-32-18-6-7-22-19(12-18)20(14-29(22)13-16-2-4-17(25)5-3-16)24(31)21-9-11-30(28-21)23-8-10-26-15-27-23/h2-12,14-15H,13H2,1H3. The largest absolute Gasteiger partial charge is 0.497 e. The minimum Gasteiger partial charge on any atom is -0.497 e. The van der Waals surface area contributed by atoms with Gasteiger partial charge in [0.05, 0.1) is 7.11 Å². The molecule has 0 saturated carbocycles. The minimum absolute atomic E-state index is 0.175. The van der Waals surface area contributed by atoms with E-state index in [-0.39, 0.29) is 5.78 Å². The maximum atomic E-state index is 13.4. The average molecular weight is 444 g/mol. The van der Waals surface area contributed by atoms with Gasteiger partial charge in [-0.25, -0.2) is 14.6 Å². The summed E-state index contributed by atoms with van der Waals surface area (Å²) >= 11 is 6.02. The number of fused-ring (bicyclic) bond motifs is 1. The molecule has 0 aliphatic rings. The van der Waals surface area contributed by atoms with Gasteiger partial charge in [-0.3, -0.25) is 4.79 Å². The Labute approximate surface area is 188 Å². The van der Waals surface area contributed by atoms with E-state index in [2.05, 4.69) is 15.1 Å². The molecule has 32 heavy (non-hydrogen) atoms. The molecule has 0 spiro atoms. The van der Waals surface area contributed by atoms with Crippen LogP contribution in [-0.2, 0) is 6.54 Å². The number of benzene rings is 2. The zero-order valence-corrected chi connectivity index (χ0v) is 17.9. The molecule has 0 aliphatic carbocycles. The van der Waals surface area contributed by atoms with E-state index in [1.54, 1.807) is 36.3 Å². The second kappa shape index (κ2) is 8.28. The fraction of sp³-hybridized carbons (Fsp3) is 0.0833. The third-order valence-corrected chi connectivity index (χ3v) is 5.47. The number of carbonyl (C=O) groups is 1. The summed E-state index contributed by atoms with van der Waals surface area (Å²) in [6, 6.07) is 16.8. The summed E-state index contributed by atoms with van der Waals surface area (Å²) < 4.78 is 9.00. The summed E-state index contributed by atoms with van der Waals surface area (Å²) in [6.45, 7) is 0.600. The van der Waals surface area contributed by atoms with Crippen molar-refractivity contribution in [2.75, 3.05) is 7.11 Å². The zero-order valence-electron chi connectivity index (χ0n) is 17.1. The van der Waals surface area contributed by atoms with Crippen LogP contribution in [0, 0.1) is 0 Å². The molecule has 0 radical (unpaired) electrons. The first-order chi connectivity index (χ1) is 15.6. The molecule has 0 saturated heterocycles. The molecule has 3 heterocycles. The van der Waals surface area contributed by atoms with Gasteiger partial charge in [0.25, 0.3) is 0 Å². The molecule has 0 amide bonds. The lowest BCUT2D eigenvalue weighted by molar-refractivity contribution is 0.103. The van der Waals surface area contributed by atoms with Crippen LogP contribution in [0.15, 0.2) is 79.5 Å². The normalized spacial score (nSPS) is 11.1. The third kappa shape index (κ3) is 3.74. The topological polar surface area (TPSA) is 74.8 Å². The van der Waals surface area contributed by atoms with Crippen LogP contribution in [0.4, 0.5) is 0 Å². The number of carbonyl (C=O) groups excluding carboxylic acids is 1. The molecule has 5 aromatic rings. The molecular formula is C24H18ClN5O2. The first-order valence-electron chi connectivity index (χ1n) is 9.90. The van der Waals surface area contributed by atoms with E-state index in [0.717, 1.165) is 16.5 Å². The highest BCUT2D eigenvalue weighted by Gasteiger charge is 2.20. The lowest BCUT2D eigenvalue weighted by Gasteiger charge is -2.06. The zero-order chi connectivity index (χ0) is 22.1. The lowest BCUT2D eigenvalue weighted by Crippen LogP contribution is -2.05. The maximum Gasteiger partial charge on any atom is 0.215 e. The molecule has 7 nitrogen and oxygen atoms in total. The van der Waals surface area contributed by atoms with E-state index in [9.17, 15) is 4.79 Å². The van der Waals surface area contributed by atoms with Gasteiger partial charge in [-0.1, -0.05) is 23.7 Å². The summed E-state index contributed by atoms with van der Waals surface area (Å²) in [4.78, 5) is 21.5. The Hall–Kier alpha value is -3.97. The quantitative estimate of drug-likeness (QED) is 0.360. The van der Waals surface area contributed by atoms with Crippen LogP contribution in [0.2, 0.25) is 5.02 Å². The Kier molecular flexibility index (Phi) is 5.17. The molecule has 0 aliphatic heterocycles. The second-order valence-electron chi connectivity index (χ2n) is 7.22. The van der Waals surface area contributed by atoms with Crippen molar-refractivity contribution < 1.29 is 9.53 Å². The van der Waals surface area contributed by atoms with Gasteiger partial charge < -0.3 is 9.30 Å². The number of nitrogens with zero attached hydrogens (tertiary/aromatic N) is 5. The van der Waals surface area contributed by atoms with Crippen molar-refractivity contribution in [3.8, 4) is 11.6 Å². The SMILES string of the molecule is COc1ccc2c(c1)c(C(=O)c1ccn(-c3ccncn3)n1)cn2Cc1ccc(Cl)cc1. The number of hydrogen-bond donors (Lipinski definition) is 0. The number of ether oxygens (including phenoxy) is 1. The number of methoxy groups -OCH3 is 1. The number of halogens is 1. The Morgan fingerprint density at radius 3 is 2.69 bits per heavy atom. The Morgan fingerprint density at radius 2 is 1.94 bits per heavy atom. The van der Waals surface area contributed by atoms with Crippen LogP contribution in [0.5, 0.6) is 5.75 Å². The predicted octanol–water partition coefficient (Wildman–Crippen LogP) is 4.56. The van der Waals surface area contributed by atoms with Crippen LogP contribution in [-0.4, -0.2) is 37.2 Å². The van der Waals surface area contributed by atoms with Crippen molar-refractivity contribution in [1.82, 2.24) is 24.3 Å². The second-order valence-corrected chi connectivity index (χ2v) is 7.66. The molecule has 0 N–H and O–H groups in total. The first kappa shape index (κ1) is 20.0. The third-order valence-electron chi connectivity index (χ3n) is 5.22. The van der Waals surface area contributed by atoms with Gasteiger partial charge in [0.15, 0.2) is 5.82 Å². The van der Waals surface area contributed by atoms with E-state index in [1.807, 2.05) is 53.2 Å². The van der Waals surface area contributed by atoms with E-state index in [4.69, 9.17) is 16.3 Å². The van der Waals surface area contributed by atoms with Crippen molar-refractivity contribution >= 4 is 28.3 Å². The van der Waals surface area contributed by atoms with Crippen LogP contribution >= 0.6 is 11.6 Å². The molecule has 158 valence electrons. The Morgan fingerprint density at radius 1 is 1.09 bits per heavy atom. The van der Waals surface area contributed by atoms with Crippen molar-refractivity contribution in [2.45, 2.75) is 6.54 Å². The molecule has 5 rings (SSSR count). The molecule has 0 bridgehead atoms. The molecule has 3 aromatic heterocycles. The van der Waals surface area contributed by atoms with Gasteiger partial charge in [-0.15, -0.1) is 0 Å². The van der Waals surface area contributed by atoms with Gasteiger partial charge in [0, 0.05) is 52.7 Å². The number of aromatic nitrogens is 5. The lowest BCUT2D eigenvalue weighted by atomic mass is 10.1. The van der Waals surface area contributed by atoms with E-state index in [1.165, 1.54) is 6.33 Å². The number of ketones is 1. The van der Waals surface area contributed by atoms with E-state index < -0.39 is 0 Å². The monoisotopic (exact) mass is 443 g/mol. The van der Waals surface area contributed by atoms with Gasteiger partial charge in [-0.05, 0) is 42.0 Å². The minimum atomic E-state index is -0.175. The van der Waals surface area contributed by atoms with Crippen molar-refractivity contribution in [3.63, 3.8) is 0 Å². The molecule has 0 fully saturated rings. The highest BCUT2D eigenvalue weighted by Crippen LogP contribution is 2.28. The van der Waals surface area contributed by atoms with Gasteiger partial charge >= 0.3 is 0 Å². The van der Waals surface area contributed by atoms with E-state index >= 15 is 0 Å². The summed E-state index contributed by atoms with van der Waals surface area (Å²) in [5.74, 6) is 1.10. The van der Waals surface area contributed by atoms with Gasteiger partial charge in [0.1, 0.15) is 17.8 Å². The van der Waals surface area contributed by atoms with E-state index in [0.29, 0.717) is 34.4 Å². The van der Waals surface area contributed by atoms with Crippen molar-refractivity contribution in [1.29, 1.82) is 0 Å². The van der Waals surface area contributed by atoms with Crippen molar-refractivity contribution in [3.05, 3.63) is 101 Å². The molecule has 0 unspecified atom stereocenters. The molecular weight excluding hydrogens is 426 g/mol. The summed E-state index contributed by atoms with van der Waals surface area (Å²) in [5, 5.41) is 5.92. The average Bonchev–Trinajstić information content (AvgIpc) is 3.46. The van der Waals surface area contributed by atoms with Crippen LogP contribution < -0.4 is 4.74 Å². The predicted molar refractivity (Wildman–Crippen MR) is 122 cm³/mol. The highest BCUT2D eigenvalue weighted by atomic mass is 35.5. The number of hydrogen-bond acceptors (Lipinski definition) is 5. The first-order valence-corrected chi connectivity index (χ1v) is 10.3. The number of rotatable bonds is 6. The smallest absolute Gasteiger partial charge is 0.215 e. The van der Waals surface area contributed by atoms with Crippen LogP contribution in [0.1, 0.15) is 21.6 Å². The van der Waals surface area contributed by atoms with Gasteiger partial charge in [0.2, 0.25) is 5.78 Å². The van der Waals surface area contributed by atoms with Gasteiger partial charge in [-0.2, -0.15) is 5.10 Å². The van der Waals surface area contributed by atoms with Crippen LogP contribution in [0.25, 0.3) is 16.7 Å². The van der Waals surface area contributed by atoms with Crippen LogP contribution in [0.3, 0.4) is 0 Å². The summed E-state index contributed by atoms with van der Waals surface area (Å²) in [6.07, 6.45) is 6.64. The Bertz CT molecular complexity index is 1410. The fourth-order valence-corrected chi connectivity index (χ4v) is 3.76. The highest BCUT2D eigenvalue weighted by molar-refractivity contribution is 6.30. The molecule has 2 aromatic carbocycles. The maximum absolute atomic E-state index is 13.4. The molecule has 0 atom stereocenters. The fourth-order valence-electron chi connectivity index (χ4n) is 3.63.